The van der Waals surface area contributed by atoms with Crippen molar-refractivity contribution in [1.29, 1.82) is 0 Å². The van der Waals surface area contributed by atoms with Crippen molar-refractivity contribution in [3.8, 4) is 0 Å². The summed E-state index contributed by atoms with van der Waals surface area (Å²) in [5, 5.41) is 12.4. The average molecular weight is 472 g/mol. The zero-order chi connectivity index (χ0) is 22.5. The number of rotatable bonds is 9. The Kier molecular flexibility index (Phi) is 7.11. The number of thiophene rings is 1. The fraction of sp³-hybridized carbons (Fsp3) is 0.364. The highest BCUT2D eigenvalue weighted by Crippen LogP contribution is 2.39. The maximum atomic E-state index is 12.5. The van der Waals surface area contributed by atoms with E-state index < -0.39 is 5.97 Å². The van der Waals surface area contributed by atoms with E-state index in [0.717, 1.165) is 36.1 Å². The first-order valence-corrected chi connectivity index (χ1v) is 12.3. The van der Waals surface area contributed by atoms with Gasteiger partial charge in [-0.2, -0.15) is 0 Å². The third-order valence-corrected chi connectivity index (χ3v) is 7.49. The molecule has 168 valence electrons. The zero-order valence-corrected chi connectivity index (χ0v) is 19.4. The number of carbonyl (C=O) groups excluding carboxylic acids is 2. The van der Waals surface area contributed by atoms with Crippen molar-refractivity contribution in [1.82, 2.24) is 14.9 Å². The number of esters is 1. The van der Waals surface area contributed by atoms with Gasteiger partial charge in [-0.05, 0) is 36.8 Å². The number of hydrogen-bond acceptors (Lipinski definition) is 8. The average Bonchev–Trinajstić information content (AvgIpc) is 3.48. The summed E-state index contributed by atoms with van der Waals surface area (Å²) < 4.78 is 6.42. The number of methoxy groups -OCH3 is 1. The molecular formula is C22H25N5O3S2. The van der Waals surface area contributed by atoms with E-state index in [1.165, 1.54) is 40.4 Å². The predicted molar refractivity (Wildman–Crippen MR) is 126 cm³/mol. The molecule has 0 radical (unpaired) electrons. The minimum Gasteiger partial charge on any atom is -0.465 e. The molecule has 0 saturated carbocycles. The molecular weight excluding hydrogens is 446 g/mol. The maximum absolute atomic E-state index is 12.5. The SMILES string of the molecule is COC(=O)c1c(NC(=O)CCSc2nnc(CCc3ccccc3)n2N)sc2c1CCC2. The van der Waals surface area contributed by atoms with Crippen molar-refractivity contribution in [3.63, 3.8) is 0 Å². The summed E-state index contributed by atoms with van der Waals surface area (Å²) in [6.45, 7) is 0. The highest BCUT2D eigenvalue weighted by molar-refractivity contribution is 7.99. The van der Waals surface area contributed by atoms with Gasteiger partial charge >= 0.3 is 5.97 Å². The van der Waals surface area contributed by atoms with Crippen molar-refractivity contribution in [3.05, 3.63) is 57.7 Å². The number of ether oxygens (including phenoxy) is 1. The number of aromatic nitrogens is 3. The van der Waals surface area contributed by atoms with Gasteiger partial charge in [0.05, 0.1) is 12.7 Å². The number of benzene rings is 1. The van der Waals surface area contributed by atoms with Crippen LogP contribution >= 0.6 is 23.1 Å². The van der Waals surface area contributed by atoms with E-state index in [1.54, 1.807) is 0 Å². The second kappa shape index (κ2) is 10.2. The molecule has 0 saturated heterocycles. The molecule has 1 aromatic carbocycles. The van der Waals surface area contributed by atoms with Crippen LogP contribution in [0.2, 0.25) is 0 Å². The standard InChI is InChI=1S/C22H25N5O3S2/c1-30-21(29)19-15-8-5-9-16(15)32-20(19)24-18(28)12-13-31-22-26-25-17(27(22)23)11-10-14-6-3-2-4-7-14/h2-4,6-7H,5,8-13,23H2,1H3,(H,24,28). The molecule has 4 rings (SSSR count). The molecule has 0 spiro atoms. The van der Waals surface area contributed by atoms with Crippen LogP contribution in [0.5, 0.6) is 0 Å². The van der Waals surface area contributed by atoms with Crippen molar-refractivity contribution >= 4 is 40.0 Å². The van der Waals surface area contributed by atoms with Crippen LogP contribution in [0.15, 0.2) is 35.5 Å². The number of thioether (sulfide) groups is 1. The molecule has 0 aliphatic heterocycles. The van der Waals surface area contributed by atoms with Gasteiger partial charge in [-0.1, -0.05) is 42.1 Å². The molecule has 1 aliphatic carbocycles. The lowest BCUT2D eigenvalue weighted by molar-refractivity contribution is -0.115. The Labute approximate surface area is 194 Å². The first-order chi connectivity index (χ1) is 15.6. The van der Waals surface area contributed by atoms with E-state index >= 15 is 0 Å². The molecule has 1 aliphatic rings. The Bertz CT molecular complexity index is 1110. The van der Waals surface area contributed by atoms with Crippen molar-refractivity contribution in [2.75, 3.05) is 24.0 Å². The van der Waals surface area contributed by atoms with E-state index in [2.05, 4.69) is 27.6 Å². The highest BCUT2D eigenvalue weighted by Gasteiger charge is 2.28. The van der Waals surface area contributed by atoms with Gasteiger partial charge in [0.1, 0.15) is 5.00 Å². The zero-order valence-electron chi connectivity index (χ0n) is 17.8. The molecule has 0 atom stereocenters. The summed E-state index contributed by atoms with van der Waals surface area (Å²) in [5.74, 6) is 6.79. The molecule has 2 aromatic heterocycles. The first-order valence-electron chi connectivity index (χ1n) is 10.5. The second-order valence-electron chi connectivity index (χ2n) is 7.45. The summed E-state index contributed by atoms with van der Waals surface area (Å²) in [6.07, 6.45) is 4.60. The monoisotopic (exact) mass is 471 g/mol. The lowest BCUT2D eigenvalue weighted by atomic mass is 10.1. The maximum Gasteiger partial charge on any atom is 0.341 e. The number of carbonyl (C=O) groups is 2. The molecule has 0 unspecified atom stereocenters. The predicted octanol–water partition coefficient (Wildman–Crippen LogP) is 3.23. The highest BCUT2D eigenvalue weighted by atomic mass is 32.2. The van der Waals surface area contributed by atoms with Crippen molar-refractivity contribution in [2.45, 2.75) is 43.7 Å². The van der Waals surface area contributed by atoms with Gasteiger partial charge in [0.25, 0.3) is 0 Å². The third-order valence-electron chi connectivity index (χ3n) is 5.34. The van der Waals surface area contributed by atoms with E-state index in [1.807, 2.05) is 18.2 Å². The number of hydrogen-bond donors (Lipinski definition) is 2. The van der Waals surface area contributed by atoms with Gasteiger partial charge in [-0.3, -0.25) is 4.79 Å². The van der Waals surface area contributed by atoms with Gasteiger partial charge in [-0.25, -0.2) is 9.47 Å². The quantitative estimate of drug-likeness (QED) is 0.280. The van der Waals surface area contributed by atoms with Gasteiger partial charge in [0, 0.05) is 23.5 Å². The Morgan fingerprint density at radius 3 is 2.81 bits per heavy atom. The van der Waals surface area contributed by atoms with Crippen LogP contribution in [-0.4, -0.2) is 39.6 Å². The van der Waals surface area contributed by atoms with Gasteiger partial charge in [-0.15, -0.1) is 21.5 Å². The van der Waals surface area contributed by atoms with E-state index in [9.17, 15) is 9.59 Å². The minimum absolute atomic E-state index is 0.157. The topological polar surface area (TPSA) is 112 Å². The summed E-state index contributed by atoms with van der Waals surface area (Å²) >= 11 is 2.86. The van der Waals surface area contributed by atoms with Crippen LogP contribution in [0.25, 0.3) is 0 Å². The molecule has 3 N–H and O–H groups in total. The second-order valence-corrected chi connectivity index (χ2v) is 9.62. The summed E-state index contributed by atoms with van der Waals surface area (Å²) in [7, 11) is 1.36. The molecule has 10 heteroatoms. The van der Waals surface area contributed by atoms with Gasteiger partial charge in [0.15, 0.2) is 5.82 Å². The van der Waals surface area contributed by atoms with Gasteiger partial charge < -0.3 is 15.9 Å². The van der Waals surface area contributed by atoms with Crippen LogP contribution in [-0.2, 0) is 35.2 Å². The van der Waals surface area contributed by atoms with Crippen LogP contribution in [0.3, 0.4) is 0 Å². The Morgan fingerprint density at radius 1 is 1.22 bits per heavy atom. The van der Waals surface area contributed by atoms with Crippen LogP contribution in [0, 0.1) is 0 Å². The van der Waals surface area contributed by atoms with E-state index in [-0.39, 0.29) is 12.3 Å². The molecule has 2 heterocycles. The molecule has 3 aromatic rings. The van der Waals surface area contributed by atoms with Crippen LogP contribution < -0.4 is 11.2 Å². The molecule has 1 amide bonds. The van der Waals surface area contributed by atoms with Crippen LogP contribution in [0.1, 0.15) is 45.0 Å². The minimum atomic E-state index is -0.395. The Balaban J connectivity index is 1.29. The smallest absolute Gasteiger partial charge is 0.341 e. The van der Waals surface area contributed by atoms with Crippen molar-refractivity contribution in [2.24, 2.45) is 0 Å². The fourth-order valence-corrected chi connectivity index (χ4v) is 5.82. The molecule has 0 fully saturated rings. The summed E-state index contributed by atoms with van der Waals surface area (Å²) in [4.78, 5) is 25.9. The first kappa shape index (κ1) is 22.3. The lowest BCUT2D eigenvalue weighted by Crippen LogP contribution is -2.16. The normalized spacial score (nSPS) is 12.5. The summed E-state index contributed by atoms with van der Waals surface area (Å²) in [5.41, 5.74) is 2.74. The number of nitrogens with one attached hydrogen (secondary N) is 1. The van der Waals surface area contributed by atoms with Gasteiger partial charge in [0.2, 0.25) is 11.1 Å². The Morgan fingerprint density at radius 2 is 2.03 bits per heavy atom. The molecule has 0 bridgehead atoms. The molecule has 8 nitrogen and oxygen atoms in total. The number of nitrogens with zero attached hydrogens (tertiary/aromatic N) is 3. The summed E-state index contributed by atoms with van der Waals surface area (Å²) in [6, 6.07) is 10.1. The number of nitrogens with two attached hydrogens (primary N) is 1. The van der Waals surface area contributed by atoms with E-state index in [0.29, 0.717) is 33.7 Å². The number of fused-ring (bicyclic) bond motifs is 1. The Hall–Kier alpha value is -2.85. The third kappa shape index (κ3) is 4.97. The fourth-order valence-electron chi connectivity index (χ4n) is 3.71. The largest absolute Gasteiger partial charge is 0.465 e. The molecule has 32 heavy (non-hydrogen) atoms. The number of anilines is 1. The number of amides is 1. The number of nitrogen functional groups attached to an aromatic ring is 1. The lowest BCUT2D eigenvalue weighted by Gasteiger charge is -2.07. The van der Waals surface area contributed by atoms with Crippen LogP contribution in [0.4, 0.5) is 5.00 Å². The van der Waals surface area contributed by atoms with E-state index in [4.69, 9.17) is 10.6 Å². The number of aryl methyl sites for hydroxylation is 3. The van der Waals surface area contributed by atoms with Crippen molar-refractivity contribution < 1.29 is 14.3 Å².